The molecule has 0 aliphatic heterocycles. The Hall–Kier alpha value is -2.29. The van der Waals surface area contributed by atoms with Gasteiger partial charge in [-0.1, -0.05) is 30.3 Å². The molecule has 0 spiro atoms. The maximum Gasteiger partial charge on any atom is 0.272 e. The molecule has 0 aliphatic carbocycles. The molecular weight excluding hydrogens is 366 g/mol. The molecule has 8 heteroatoms. The van der Waals surface area contributed by atoms with Gasteiger partial charge < -0.3 is 5.32 Å². The summed E-state index contributed by atoms with van der Waals surface area (Å²) < 4.78 is 27.9. The lowest BCUT2D eigenvalue weighted by atomic mass is 10.1. The van der Waals surface area contributed by atoms with Crippen LogP contribution < -0.4 is 10.0 Å². The predicted molar refractivity (Wildman–Crippen MR) is 105 cm³/mol. The van der Waals surface area contributed by atoms with Crippen molar-refractivity contribution < 1.29 is 13.3 Å². The molecule has 2 aromatic carbocycles. The maximum atomic E-state index is 12.6. The molecule has 0 amide bonds. The Labute approximate surface area is 160 Å². The molecule has 146 valence electrons. The van der Waals surface area contributed by atoms with Gasteiger partial charge in [-0.3, -0.25) is 10.1 Å². The van der Waals surface area contributed by atoms with E-state index in [4.69, 9.17) is 0 Å². The van der Waals surface area contributed by atoms with Crippen LogP contribution in [0.25, 0.3) is 0 Å². The molecule has 7 nitrogen and oxygen atoms in total. The molecule has 2 N–H and O–H groups in total. The first-order valence-electron chi connectivity index (χ1n) is 8.56. The quantitative estimate of drug-likeness (QED) is 0.557. The van der Waals surface area contributed by atoms with E-state index in [1.54, 1.807) is 58.0 Å². The van der Waals surface area contributed by atoms with Crippen LogP contribution in [-0.2, 0) is 23.1 Å². The summed E-state index contributed by atoms with van der Waals surface area (Å²) in [6.45, 7) is 7.77. The molecular formula is C19H25N3O4S. The third-order valence-electron chi connectivity index (χ3n) is 3.82. The normalized spacial score (nSPS) is 12.1. The van der Waals surface area contributed by atoms with Crippen LogP contribution in [0.2, 0.25) is 0 Å². The van der Waals surface area contributed by atoms with Gasteiger partial charge in [-0.05, 0) is 44.9 Å². The molecule has 2 rings (SSSR count). The van der Waals surface area contributed by atoms with Crippen molar-refractivity contribution >= 4 is 15.7 Å². The van der Waals surface area contributed by atoms with Crippen LogP contribution in [0.3, 0.4) is 0 Å². The second-order valence-electron chi connectivity index (χ2n) is 7.44. The van der Waals surface area contributed by atoms with Crippen molar-refractivity contribution in [2.24, 2.45) is 0 Å². The molecule has 0 unspecified atom stereocenters. The van der Waals surface area contributed by atoms with Gasteiger partial charge in [0.2, 0.25) is 10.0 Å². The minimum Gasteiger partial charge on any atom is -0.309 e. The second kappa shape index (κ2) is 8.16. The van der Waals surface area contributed by atoms with Crippen molar-refractivity contribution in [1.29, 1.82) is 0 Å². The average Bonchev–Trinajstić information content (AvgIpc) is 2.54. The summed E-state index contributed by atoms with van der Waals surface area (Å²) in [6, 6.07) is 11.9. The number of nitrogens with one attached hydrogen (secondary N) is 2. The number of nitro groups is 1. The molecule has 0 fully saturated rings. The molecule has 0 atom stereocenters. The summed E-state index contributed by atoms with van der Waals surface area (Å²) in [6.07, 6.45) is 0. The summed E-state index contributed by atoms with van der Waals surface area (Å²) in [5.41, 5.74) is 1.50. The molecule has 27 heavy (non-hydrogen) atoms. The van der Waals surface area contributed by atoms with E-state index in [1.165, 1.54) is 6.07 Å². The number of nitrogens with zero attached hydrogens (tertiary/aromatic N) is 1. The number of sulfonamides is 1. The van der Waals surface area contributed by atoms with Crippen LogP contribution in [0.1, 0.15) is 37.5 Å². The Morgan fingerprint density at radius 2 is 1.74 bits per heavy atom. The molecule has 0 heterocycles. The van der Waals surface area contributed by atoms with Gasteiger partial charge in [0.25, 0.3) is 5.69 Å². The second-order valence-corrected chi connectivity index (χ2v) is 9.10. The van der Waals surface area contributed by atoms with E-state index in [0.29, 0.717) is 24.2 Å². The molecule has 2 aromatic rings. The minimum absolute atomic E-state index is 0.0756. The summed E-state index contributed by atoms with van der Waals surface area (Å²) in [7, 11) is -3.65. The Bertz CT molecular complexity index is 934. The van der Waals surface area contributed by atoms with Crippen LogP contribution in [0.4, 0.5) is 5.69 Å². The standard InChI is InChI=1S/C19H25N3O4S/c1-14-9-10-15(11-17(14)22(23)24)12-20-13-16-7-5-6-8-18(16)27(25,26)21-19(2,3)4/h5-11,20-21H,12-13H2,1-4H3. The van der Waals surface area contributed by atoms with Gasteiger partial charge in [-0.2, -0.15) is 0 Å². The zero-order valence-electron chi connectivity index (χ0n) is 15.9. The van der Waals surface area contributed by atoms with E-state index < -0.39 is 20.5 Å². The van der Waals surface area contributed by atoms with Crippen molar-refractivity contribution in [2.75, 3.05) is 0 Å². The highest BCUT2D eigenvalue weighted by molar-refractivity contribution is 7.89. The van der Waals surface area contributed by atoms with Crippen molar-refractivity contribution in [1.82, 2.24) is 10.0 Å². The molecule has 0 aliphatic rings. The number of benzene rings is 2. The fourth-order valence-electron chi connectivity index (χ4n) is 2.67. The molecule has 0 radical (unpaired) electrons. The van der Waals surface area contributed by atoms with Crippen LogP contribution >= 0.6 is 0 Å². The molecule has 0 saturated carbocycles. The van der Waals surface area contributed by atoms with Crippen LogP contribution in [0.5, 0.6) is 0 Å². The van der Waals surface area contributed by atoms with Crippen LogP contribution in [-0.4, -0.2) is 18.9 Å². The summed E-state index contributed by atoms with van der Waals surface area (Å²) >= 11 is 0. The van der Waals surface area contributed by atoms with Gasteiger partial charge in [-0.15, -0.1) is 0 Å². The van der Waals surface area contributed by atoms with Crippen molar-refractivity contribution in [3.63, 3.8) is 0 Å². The SMILES string of the molecule is Cc1ccc(CNCc2ccccc2S(=O)(=O)NC(C)(C)C)cc1[N+](=O)[O-]. The first-order chi connectivity index (χ1) is 12.5. The summed E-state index contributed by atoms with van der Waals surface area (Å²) in [4.78, 5) is 10.9. The van der Waals surface area contributed by atoms with E-state index >= 15 is 0 Å². The van der Waals surface area contributed by atoms with Gasteiger partial charge in [0, 0.05) is 30.3 Å². The number of aryl methyl sites for hydroxylation is 1. The fourth-order valence-corrected chi connectivity index (χ4v) is 4.33. The minimum atomic E-state index is -3.65. The van der Waals surface area contributed by atoms with E-state index in [1.807, 2.05) is 6.07 Å². The fraction of sp³-hybridized carbons (Fsp3) is 0.368. The van der Waals surface area contributed by atoms with Gasteiger partial charge in [0.15, 0.2) is 0 Å². The summed E-state index contributed by atoms with van der Waals surface area (Å²) in [5.74, 6) is 0. The van der Waals surface area contributed by atoms with Gasteiger partial charge in [0.1, 0.15) is 0 Å². The van der Waals surface area contributed by atoms with Crippen LogP contribution in [0.15, 0.2) is 47.4 Å². The van der Waals surface area contributed by atoms with Crippen molar-refractivity contribution in [3.8, 4) is 0 Å². The highest BCUT2D eigenvalue weighted by Gasteiger charge is 2.24. The number of nitro benzene ring substituents is 1. The van der Waals surface area contributed by atoms with Gasteiger partial charge in [0.05, 0.1) is 9.82 Å². The first-order valence-corrected chi connectivity index (χ1v) is 10.0. The van der Waals surface area contributed by atoms with E-state index in [2.05, 4.69) is 10.0 Å². The lowest BCUT2D eigenvalue weighted by Gasteiger charge is -2.21. The lowest BCUT2D eigenvalue weighted by molar-refractivity contribution is -0.385. The zero-order valence-corrected chi connectivity index (χ0v) is 16.8. The lowest BCUT2D eigenvalue weighted by Crippen LogP contribution is -2.40. The van der Waals surface area contributed by atoms with E-state index in [9.17, 15) is 18.5 Å². The largest absolute Gasteiger partial charge is 0.309 e. The van der Waals surface area contributed by atoms with E-state index in [0.717, 1.165) is 5.56 Å². The topological polar surface area (TPSA) is 101 Å². The van der Waals surface area contributed by atoms with Crippen molar-refractivity contribution in [2.45, 2.75) is 51.2 Å². The van der Waals surface area contributed by atoms with Gasteiger partial charge in [-0.25, -0.2) is 13.1 Å². The zero-order chi connectivity index (χ0) is 20.2. The number of rotatable bonds is 7. The highest BCUT2D eigenvalue weighted by atomic mass is 32.2. The Morgan fingerprint density at radius 3 is 2.37 bits per heavy atom. The monoisotopic (exact) mass is 391 g/mol. The van der Waals surface area contributed by atoms with Crippen LogP contribution in [0, 0.1) is 17.0 Å². The smallest absolute Gasteiger partial charge is 0.272 e. The highest BCUT2D eigenvalue weighted by Crippen LogP contribution is 2.20. The molecule has 0 saturated heterocycles. The van der Waals surface area contributed by atoms with Crippen molar-refractivity contribution in [3.05, 3.63) is 69.3 Å². The third-order valence-corrected chi connectivity index (χ3v) is 5.68. The molecule has 0 bridgehead atoms. The first kappa shape index (κ1) is 21.0. The average molecular weight is 391 g/mol. The van der Waals surface area contributed by atoms with E-state index in [-0.39, 0.29) is 10.6 Å². The Kier molecular flexibility index (Phi) is 6.35. The Morgan fingerprint density at radius 1 is 1.07 bits per heavy atom. The summed E-state index contributed by atoms with van der Waals surface area (Å²) in [5, 5.41) is 14.2. The van der Waals surface area contributed by atoms with Gasteiger partial charge >= 0.3 is 0 Å². The third kappa shape index (κ3) is 5.85. The molecule has 0 aromatic heterocycles. The maximum absolute atomic E-state index is 12.6. The number of hydrogen-bond acceptors (Lipinski definition) is 5. The predicted octanol–water partition coefficient (Wildman–Crippen LogP) is 3.27. The Balaban J connectivity index is 2.14. The number of hydrogen-bond donors (Lipinski definition) is 2.